The third-order valence-electron chi connectivity index (χ3n) is 2.37. The summed E-state index contributed by atoms with van der Waals surface area (Å²) in [6.07, 6.45) is -0.939. The minimum Gasteiger partial charge on any atom is -0.399 e. The van der Waals surface area contributed by atoms with Gasteiger partial charge in [-0.1, -0.05) is 5.16 Å². The molecular formula is C9H15NO5. The molecule has 0 amide bonds. The van der Waals surface area contributed by atoms with Gasteiger partial charge in [-0.25, -0.2) is 0 Å². The minimum atomic E-state index is -0.782. The Morgan fingerprint density at radius 1 is 1.40 bits per heavy atom. The van der Waals surface area contributed by atoms with E-state index in [1.165, 1.54) is 13.3 Å². The number of nitrogens with zero attached hydrogens (tertiary/aromatic N) is 1. The van der Waals surface area contributed by atoms with Crippen molar-refractivity contribution in [3.63, 3.8) is 0 Å². The largest absolute Gasteiger partial charge is 0.399 e. The second-order valence-corrected chi connectivity index (χ2v) is 4.00. The fourth-order valence-corrected chi connectivity index (χ4v) is 1.76. The minimum absolute atomic E-state index is 0.465. The molecule has 0 aromatic heterocycles. The van der Waals surface area contributed by atoms with Crippen LogP contribution in [0.25, 0.3) is 0 Å². The molecule has 15 heavy (non-hydrogen) atoms. The van der Waals surface area contributed by atoms with E-state index in [1.54, 1.807) is 13.8 Å². The van der Waals surface area contributed by atoms with Crippen LogP contribution in [0, 0.1) is 0 Å². The monoisotopic (exact) mass is 217 g/mol. The second kappa shape index (κ2) is 3.71. The molecule has 2 aliphatic heterocycles. The zero-order chi connectivity index (χ0) is 11.1. The highest BCUT2D eigenvalue weighted by molar-refractivity contribution is 5.64. The number of fused-ring (bicyclic) bond motifs is 1. The van der Waals surface area contributed by atoms with Crippen LogP contribution in [0.2, 0.25) is 0 Å². The summed E-state index contributed by atoms with van der Waals surface area (Å²) < 4.78 is 16.4. The predicted molar refractivity (Wildman–Crippen MR) is 50.2 cm³/mol. The zero-order valence-electron chi connectivity index (χ0n) is 8.91. The van der Waals surface area contributed by atoms with Gasteiger partial charge in [0.2, 0.25) is 0 Å². The van der Waals surface area contributed by atoms with E-state index in [0.717, 1.165) is 0 Å². The zero-order valence-corrected chi connectivity index (χ0v) is 8.91. The van der Waals surface area contributed by atoms with E-state index in [-0.39, 0.29) is 0 Å². The van der Waals surface area contributed by atoms with Gasteiger partial charge < -0.3 is 24.2 Å². The van der Waals surface area contributed by atoms with Gasteiger partial charge in [0, 0.05) is 0 Å². The topological polar surface area (TPSA) is 69.5 Å². The molecule has 0 radical (unpaired) electrons. The van der Waals surface area contributed by atoms with Gasteiger partial charge in [0.25, 0.3) is 0 Å². The van der Waals surface area contributed by atoms with Gasteiger partial charge in [-0.2, -0.15) is 0 Å². The molecule has 1 N–H and O–H groups in total. The van der Waals surface area contributed by atoms with Crippen molar-refractivity contribution < 1.29 is 24.2 Å². The maximum Gasteiger partial charge on any atom is 0.190 e. The standard InChI is InChI=1S/C9H15NO5/c1-9(2)14-7-6(11)5(4-10-12-3)13-8(7)15-9/h4-8,11H,1-3H3/b10-4+/t5-,6+,7-,8-/m1/s1. The maximum absolute atomic E-state index is 9.84. The number of aliphatic hydroxyl groups excluding tert-OH is 1. The van der Waals surface area contributed by atoms with E-state index in [4.69, 9.17) is 14.2 Å². The average Bonchev–Trinajstić information content (AvgIpc) is 2.58. The molecule has 0 bridgehead atoms. The van der Waals surface area contributed by atoms with Gasteiger partial charge in [0.05, 0.1) is 6.21 Å². The second-order valence-electron chi connectivity index (χ2n) is 4.00. The molecule has 0 aromatic rings. The molecule has 2 saturated heterocycles. The Morgan fingerprint density at radius 3 is 2.73 bits per heavy atom. The van der Waals surface area contributed by atoms with Crippen LogP contribution in [0.1, 0.15) is 13.8 Å². The van der Waals surface area contributed by atoms with E-state index >= 15 is 0 Å². The van der Waals surface area contributed by atoms with Gasteiger partial charge in [-0.15, -0.1) is 0 Å². The van der Waals surface area contributed by atoms with Crippen molar-refractivity contribution in [1.82, 2.24) is 0 Å². The molecule has 0 aliphatic carbocycles. The summed E-state index contributed by atoms with van der Waals surface area (Å²) in [4.78, 5) is 4.51. The number of oxime groups is 1. The quantitative estimate of drug-likeness (QED) is 0.515. The lowest BCUT2D eigenvalue weighted by atomic mass is 10.1. The normalized spacial score (nSPS) is 43.5. The van der Waals surface area contributed by atoms with Crippen LogP contribution in [0.4, 0.5) is 0 Å². The first kappa shape index (κ1) is 10.8. The van der Waals surface area contributed by atoms with Crippen molar-refractivity contribution in [1.29, 1.82) is 0 Å². The summed E-state index contributed by atoms with van der Waals surface area (Å²) in [7, 11) is 1.43. The van der Waals surface area contributed by atoms with E-state index in [0.29, 0.717) is 0 Å². The molecular weight excluding hydrogens is 202 g/mol. The van der Waals surface area contributed by atoms with Gasteiger partial charge in [0.1, 0.15) is 25.4 Å². The van der Waals surface area contributed by atoms with E-state index in [9.17, 15) is 5.11 Å². The first-order valence-corrected chi connectivity index (χ1v) is 4.79. The number of aliphatic hydroxyl groups is 1. The fourth-order valence-electron chi connectivity index (χ4n) is 1.76. The highest BCUT2D eigenvalue weighted by Crippen LogP contribution is 2.36. The lowest BCUT2D eigenvalue weighted by molar-refractivity contribution is -0.206. The van der Waals surface area contributed by atoms with Gasteiger partial charge in [-0.05, 0) is 13.8 Å². The third kappa shape index (κ3) is 1.98. The summed E-state index contributed by atoms with van der Waals surface area (Å²) in [6, 6.07) is 0. The van der Waals surface area contributed by atoms with Crippen molar-refractivity contribution in [2.75, 3.05) is 7.11 Å². The van der Waals surface area contributed by atoms with Crippen LogP contribution in [0.15, 0.2) is 5.16 Å². The summed E-state index contributed by atoms with van der Waals surface area (Å²) in [5.41, 5.74) is 0. The van der Waals surface area contributed by atoms with Gasteiger partial charge >= 0.3 is 0 Å². The van der Waals surface area contributed by atoms with Gasteiger partial charge in [0.15, 0.2) is 12.1 Å². The van der Waals surface area contributed by atoms with E-state index in [1.807, 2.05) is 0 Å². The van der Waals surface area contributed by atoms with Crippen molar-refractivity contribution in [2.24, 2.45) is 5.16 Å². The molecule has 2 heterocycles. The Kier molecular flexibility index (Phi) is 2.68. The Balaban J connectivity index is 2.01. The lowest BCUT2D eigenvalue weighted by Crippen LogP contribution is -2.35. The van der Waals surface area contributed by atoms with Crippen molar-refractivity contribution in [3.05, 3.63) is 0 Å². The Hall–Kier alpha value is -0.690. The van der Waals surface area contributed by atoms with Crippen molar-refractivity contribution >= 4 is 6.21 Å². The van der Waals surface area contributed by atoms with Crippen molar-refractivity contribution in [2.45, 2.75) is 44.2 Å². The van der Waals surface area contributed by atoms with Crippen LogP contribution in [-0.2, 0) is 19.0 Å². The van der Waals surface area contributed by atoms with Crippen LogP contribution in [0.3, 0.4) is 0 Å². The number of hydrogen-bond donors (Lipinski definition) is 1. The molecule has 0 unspecified atom stereocenters. The third-order valence-corrected chi connectivity index (χ3v) is 2.37. The number of hydrogen-bond acceptors (Lipinski definition) is 6. The highest BCUT2D eigenvalue weighted by Gasteiger charge is 2.53. The fraction of sp³-hybridized carbons (Fsp3) is 0.889. The Bertz CT molecular complexity index is 267. The molecule has 4 atom stereocenters. The van der Waals surface area contributed by atoms with Gasteiger partial charge in [-0.3, -0.25) is 0 Å². The molecule has 6 nitrogen and oxygen atoms in total. The molecule has 2 aliphatic rings. The first-order valence-electron chi connectivity index (χ1n) is 4.79. The highest BCUT2D eigenvalue weighted by atomic mass is 16.8. The molecule has 2 rings (SSSR count). The van der Waals surface area contributed by atoms with E-state index < -0.39 is 30.4 Å². The van der Waals surface area contributed by atoms with Crippen LogP contribution in [-0.4, -0.2) is 48.8 Å². The summed E-state index contributed by atoms with van der Waals surface area (Å²) in [5, 5.41) is 13.4. The first-order chi connectivity index (χ1) is 7.03. The SMILES string of the molecule is CO/N=C/[C@H]1O[C@@H]2OC(C)(C)O[C@@H]2[C@H]1O. The van der Waals surface area contributed by atoms with Crippen LogP contribution >= 0.6 is 0 Å². The van der Waals surface area contributed by atoms with E-state index in [2.05, 4.69) is 9.99 Å². The van der Waals surface area contributed by atoms with Crippen molar-refractivity contribution in [3.8, 4) is 0 Å². The summed E-state index contributed by atoms with van der Waals surface area (Å²) in [5.74, 6) is -0.709. The summed E-state index contributed by atoms with van der Waals surface area (Å²) in [6.45, 7) is 3.55. The molecule has 0 spiro atoms. The van der Waals surface area contributed by atoms with Crippen LogP contribution < -0.4 is 0 Å². The van der Waals surface area contributed by atoms with Crippen LogP contribution in [0.5, 0.6) is 0 Å². The Morgan fingerprint density at radius 2 is 2.13 bits per heavy atom. The molecule has 86 valence electrons. The summed E-state index contributed by atoms with van der Waals surface area (Å²) >= 11 is 0. The lowest BCUT2D eigenvalue weighted by Gasteiger charge is -2.21. The predicted octanol–water partition coefficient (Wildman–Crippen LogP) is -0.144. The molecule has 0 saturated carbocycles. The smallest absolute Gasteiger partial charge is 0.190 e. The Labute approximate surface area is 87.7 Å². The number of ether oxygens (including phenoxy) is 3. The maximum atomic E-state index is 9.84. The molecule has 6 heteroatoms. The molecule has 0 aromatic carbocycles. The molecule has 2 fully saturated rings. The average molecular weight is 217 g/mol. The number of rotatable bonds is 2.